The molecular formula is C22H24ClN. The van der Waals surface area contributed by atoms with Crippen molar-refractivity contribution in [2.45, 2.75) is 39.5 Å². The smallest absolute Gasteiger partial charge is 0.0458 e. The zero-order valence-electron chi connectivity index (χ0n) is 14.5. The van der Waals surface area contributed by atoms with Crippen LogP contribution >= 0.6 is 11.6 Å². The van der Waals surface area contributed by atoms with Crippen LogP contribution in [-0.2, 0) is 6.42 Å². The van der Waals surface area contributed by atoms with Crippen LogP contribution in [0.1, 0.15) is 48.6 Å². The Morgan fingerprint density at radius 3 is 2.71 bits per heavy atom. The van der Waals surface area contributed by atoms with E-state index in [9.17, 15) is 0 Å². The van der Waals surface area contributed by atoms with Gasteiger partial charge in [0.25, 0.3) is 0 Å². The summed E-state index contributed by atoms with van der Waals surface area (Å²) >= 11 is 6.58. The van der Waals surface area contributed by atoms with Crippen molar-refractivity contribution in [1.29, 1.82) is 0 Å². The molecule has 3 aromatic rings. The summed E-state index contributed by atoms with van der Waals surface area (Å²) in [5.74, 6) is 0. The second-order valence-electron chi connectivity index (χ2n) is 6.46. The van der Waals surface area contributed by atoms with Gasteiger partial charge in [0.05, 0.1) is 0 Å². The Bertz CT molecular complexity index is 873. The van der Waals surface area contributed by atoms with Crippen molar-refractivity contribution in [2.75, 3.05) is 0 Å². The summed E-state index contributed by atoms with van der Waals surface area (Å²) in [6.45, 7) is 8.53. The normalized spacial score (nSPS) is 11.1. The van der Waals surface area contributed by atoms with Crippen LogP contribution in [0, 0.1) is 6.92 Å². The third-order valence-corrected chi connectivity index (χ3v) is 5.04. The number of hydrogen-bond donors (Lipinski definition) is 1. The summed E-state index contributed by atoms with van der Waals surface area (Å²) in [6.07, 6.45) is 4.24. The summed E-state index contributed by atoms with van der Waals surface area (Å²) in [7, 11) is 0. The zero-order chi connectivity index (χ0) is 17.1. The fraction of sp³-hybridized carbons (Fsp3) is 0.273. The van der Waals surface area contributed by atoms with E-state index in [4.69, 9.17) is 11.6 Å². The monoisotopic (exact) mass is 337 g/mol. The molecule has 0 spiro atoms. The zero-order valence-corrected chi connectivity index (χ0v) is 15.2. The average Bonchev–Trinajstić information content (AvgIpc) is 2.90. The minimum Gasteiger partial charge on any atom is -0.358 e. The molecule has 0 amide bonds. The molecule has 0 radical (unpaired) electrons. The number of unbranched alkanes of at least 4 members (excludes halogenated alkanes) is 1. The molecule has 2 heteroatoms. The van der Waals surface area contributed by atoms with E-state index in [0.717, 1.165) is 29.0 Å². The summed E-state index contributed by atoms with van der Waals surface area (Å²) < 4.78 is 0. The van der Waals surface area contributed by atoms with E-state index in [-0.39, 0.29) is 0 Å². The van der Waals surface area contributed by atoms with E-state index in [1.807, 2.05) is 0 Å². The first-order valence-electron chi connectivity index (χ1n) is 8.63. The fourth-order valence-corrected chi connectivity index (χ4v) is 3.45. The van der Waals surface area contributed by atoms with Gasteiger partial charge in [0.1, 0.15) is 0 Å². The van der Waals surface area contributed by atoms with Gasteiger partial charge in [-0.2, -0.15) is 0 Å². The van der Waals surface area contributed by atoms with Crippen molar-refractivity contribution >= 4 is 28.1 Å². The van der Waals surface area contributed by atoms with E-state index >= 15 is 0 Å². The molecule has 1 nitrogen and oxygen atoms in total. The van der Waals surface area contributed by atoms with Crippen molar-refractivity contribution < 1.29 is 0 Å². The standard InChI is InChI=1S/C22H24ClN/c1-4-5-8-15(2)17-11-12-18(21(23)14-17)13-20-16(3)24-22-10-7-6-9-19(20)22/h6-7,9-12,14,24H,2,4-5,8,13H2,1,3H3. The lowest BCUT2D eigenvalue weighted by Gasteiger charge is -2.10. The molecule has 0 saturated heterocycles. The molecule has 1 N–H and O–H groups in total. The average molecular weight is 338 g/mol. The van der Waals surface area contributed by atoms with E-state index in [2.05, 4.69) is 67.9 Å². The number of hydrogen-bond acceptors (Lipinski definition) is 0. The van der Waals surface area contributed by atoms with Gasteiger partial charge in [0.15, 0.2) is 0 Å². The van der Waals surface area contributed by atoms with Crippen LogP contribution in [0.15, 0.2) is 49.0 Å². The number of aryl methyl sites for hydroxylation is 1. The van der Waals surface area contributed by atoms with Gasteiger partial charge >= 0.3 is 0 Å². The maximum atomic E-state index is 6.58. The second-order valence-corrected chi connectivity index (χ2v) is 6.87. The third kappa shape index (κ3) is 3.42. The number of aromatic amines is 1. The van der Waals surface area contributed by atoms with Gasteiger partial charge in [0, 0.05) is 28.0 Å². The minimum atomic E-state index is 0.829. The Labute approximate surface area is 149 Å². The minimum absolute atomic E-state index is 0.829. The Morgan fingerprint density at radius 2 is 1.96 bits per heavy atom. The lowest BCUT2D eigenvalue weighted by atomic mass is 9.97. The van der Waals surface area contributed by atoms with Crippen molar-refractivity contribution in [3.05, 3.63) is 76.5 Å². The highest BCUT2D eigenvalue weighted by Crippen LogP contribution is 2.29. The summed E-state index contributed by atoms with van der Waals surface area (Å²) in [5.41, 5.74) is 7.22. The van der Waals surface area contributed by atoms with Gasteiger partial charge in [0.2, 0.25) is 0 Å². The molecule has 1 heterocycles. The number of aromatic nitrogens is 1. The topological polar surface area (TPSA) is 15.8 Å². The molecule has 0 saturated carbocycles. The lowest BCUT2D eigenvalue weighted by Crippen LogP contribution is -1.93. The number of fused-ring (bicyclic) bond motifs is 1. The molecule has 1 aromatic heterocycles. The maximum Gasteiger partial charge on any atom is 0.0458 e. The first-order valence-corrected chi connectivity index (χ1v) is 9.00. The molecular weight excluding hydrogens is 314 g/mol. The van der Waals surface area contributed by atoms with Crippen LogP contribution < -0.4 is 0 Å². The number of nitrogens with one attached hydrogen (secondary N) is 1. The van der Waals surface area contributed by atoms with E-state index < -0.39 is 0 Å². The van der Waals surface area contributed by atoms with Crippen LogP contribution in [-0.4, -0.2) is 4.98 Å². The van der Waals surface area contributed by atoms with Gasteiger partial charge in [-0.1, -0.05) is 61.9 Å². The Balaban J connectivity index is 1.87. The summed E-state index contributed by atoms with van der Waals surface area (Å²) in [6, 6.07) is 14.8. The molecule has 3 rings (SSSR count). The van der Waals surface area contributed by atoms with E-state index in [1.54, 1.807) is 0 Å². The molecule has 24 heavy (non-hydrogen) atoms. The highest BCUT2D eigenvalue weighted by Gasteiger charge is 2.11. The second kappa shape index (κ2) is 7.27. The van der Waals surface area contributed by atoms with Crippen LogP contribution in [0.2, 0.25) is 5.02 Å². The molecule has 0 aliphatic heterocycles. The number of halogens is 1. The van der Waals surface area contributed by atoms with Gasteiger partial charge in [-0.15, -0.1) is 0 Å². The molecule has 0 atom stereocenters. The molecule has 0 aliphatic rings. The van der Waals surface area contributed by atoms with Gasteiger partial charge in [-0.05, 0) is 54.2 Å². The molecule has 0 fully saturated rings. The molecule has 2 aromatic carbocycles. The maximum absolute atomic E-state index is 6.58. The highest BCUT2D eigenvalue weighted by molar-refractivity contribution is 6.31. The van der Waals surface area contributed by atoms with Crippen LogP contribution in [0.3, 0.4) is 0 Å². The van der Waals surface area contributed by atoms with Crippen LogP contribution in [0.25, 0.3) is 16.5 Å². The third-order valence-electron chi connectivity index (χ3n) is 4.69. The highest BCUT2D eigenvalue weighted by atomic mass is 35.5. The van der Waals surface area contributed by atoms with E-state index in [0.29, 0.717) is 0 Å². The first-order chi connectivity index (χ1) is 11.6. The predicted octanol–water partition coefficient (Wildman–Crippen LogP) is 6.92. The predicted molar refractivity (Wildman–Crippen MR) is 106 cm³/mol. The number of rotatable bonds is 6. The van der Waals surface area contributed by atoms with E-state index in [1.165, 1.54) is 40.6 Å². The fourth-order valence-electron chi connectivity index (χ4n) is 3.20. The quantitative estimate of drug-likeness (QED) is 0.502. The molecule has 0 bridgehead atoms. The Hall–Kier alpha value is -1.99. The Kier molecular flexibility index (Phi) is 5.11. The Morgan fingerprint density at radius 1 is 1.17 bits per heavy atom. The van der Waals surface area contributed by atoms with Crippen molar-refractivity contribution in [1.82, 2.24) is 4.98 Å². The van der Waals surface area contributed by atoms with Crippen LogP contribution in [0.5, 0.6) is 0 Å². The van der Waals surface area contributed by atoms with Gasteiger partial charge in [-0.3, -0.25) is 0 Å². The number of allylic oxidation sites excluding steroid dienone is 1. The van der Waals surface area contributed by atoms with Gasteiger partial charge in [-0.25, -0.2) is 0 Å². The molecule has 0 unspecified atom stereocenters. The van der Waals surface area contributed by atoms with Crippen LogP contribution in [0.4, 0.5) is 0 Å². The SMILES string of the molecule is C=C(CCCC)c1ccc(Cc2c(C)[nH]c3ccccc23)c(Cl)c1. The lowest BCUT2D eigenvalue weighted by molar-refractivity contribution is 0.825. The number of para-hydroxylation sites is 1. The first kappa shape index (κ1) is 16.9. The molecule has 124 valence electrons. The van der Waals surface area contributed by atoms with Gasteiger partial charge < -0.3 is 4.98 Å². The van der Waals surface area contributed by atoms with Crippen molar-refractivity contribution in [2.24, 2.45) is 0 Å². The molecule has 0 aliphatic carbocycles. The van der Waals surface area contributed by atoms with Crippen molar-refractivity contribution in [3.8, 4) is 0 Å². The summed E-state index contributed by atoms with van der Waals surface area (Å²) in [4.78, 5) is 3.46. The largest absolute Gasteiger partial charge is 0.358 e. The summed E-state index contributed by atoms with van der Waals surface area (Å²) in [5, 5.41) is 2.11. The number of H-pyrrole nitrogens is 1. The van der Waals surface area contributed by atoms with Crippen molar-refractivity contribution in [3.63, 3.8) is 0 Å². The number of benzene rings is 2.